The van der Waals surface area contributed by atoms with E-state index in [-0.39, 0.29) is 28.1 Å². The van der Waals surface area contributed by atoms with Gasteiger partial charge in [-0.15, -0.1) is 0 Å². The minimum atomic E-state index is -1.07. The van der Waals surface area contributed by atoms with Crippen molar-refractivity contribution in [3.63, 3.8) is 0 Å². The van der Waals surface area contributed by atoms with Crippen LogP contribution in [-0.4, -0.2) is 37.1 Å². The number of hydrogen-bond acceptors (Lipinski definition) is 6. The van der Waals surface area contributed by atoms with Crippen LogP contribution in [0.5, 0.6) is 17.2 Å². The molecule has 1 heterocycles. The molecule has 1 aliphatic rings. The van der Waals surface area contributed by atoms with Crippen molar-refractivity contribution in [1.29, 1.82) is 0 Å². The fraction of sp³-hybridized carbons (Fsp3) is 0.214. The molecule has 1 aliphatic heterocycles. The summed E-state index contributed by atoms with van der Waals surface area (Å²) in [5, 5.41) is 11.2. The number of nitrogens with zero attached hydrogens (tertiary/aromatic N) is 1. The van der Waals surface area contributed by atoms with Gasteiger partial charge in [0.1, 0.15) is 17.3 Å². The number of aliphatic hydroxyl groups is 1. The zero-order valence-corrected chi connectivity index (χ0v) is 21.4. The highest BCUT2D eigenvalue weighted by molar-refractivity contribution is 6.51. The molecule has 0 radical (unpaired) electrons. The summed E-state index contributed by atoms with van der Waals surface area (Å²) in [5.74, 6) is -1.59. The third-order valence-electron chi connectivity index (χ3n) is 5.83. The van der Waals surface area contributed by atoms with Gasteiger partial charge in [0.2, 0.25) is 0 Å². The Morgan fingerprint density at radius 2 is 1.73 bits per heavy atom. The zero-order chi connectivity index (χ0) is 26.9. The molecule has 0 saturated carbocycles. The van der Waals surface area contributed by atoms with Crippen LogP contribution < -0.4 is 19.1 Å². The molecule has 1 amide bonds. The Morgan fingerprint density at radius 3 is 2.38 bits per heavy atom. The van der Waals surface area contributed by atoms with E-state index in [2.05, 4.69) is 0 Å². The summed E-state index contributed by atoms with van der Waals surface area (Å²) in [6.07, 6.45) is -0.113. The topological polar surface area (TPSA) is 85.3 Å². The summed E-state index contributed by atoms with van der Waals surface area (Å²) >= 11 is 6.00. The third kappa shape index (κ3) is 4.97. The van der Waals surface area contributed by atoms with E-state index in [4.69, 9.17) is 25.8 Å². The van der Waals surface area contributed by atoms with Gasteiger partial charge in [-0.2, -0.15) is 0 Å². The number of amides is 1. The Bertz CT molecular complexity index is 1400. The number of carbonyl (C=O) groups excluding carboxylic acids is 2. The fourth-order valence-corrected chi connectivity index (χ4v) is 4.39. The lowest BCUT2D eigenvalue weighted by Crippen LogP contribution is -2.29. The summed E-state index contributed by atoms with van der Waals surface area (Å²) in [6.45, 7) is 3.73. The maximum absolute atomic E-state index is 13.9. The lowest BCUT2D eigenvalue weighted by molar-refractivity contribution is -0.132. The molecule has 1 saturated heterocycles. The number of halogens is 2. The second-order valence-electron chi connectivity index (χ2n) is 8.58. The van der Waals surface area contributed by atoms with Crippen LogP contribution in [0.3, 0.4) is 0 Å². The van der Waals surface area contributed by atoms with E-state index in [1.54, 1.807) is 42.5 Å². The number of rotatable bonds is 7. The van der Waals surface area contributed by atoms with Gasteiger partial charge in [-0.1, -0.05) is 29.8 Å². The number of ether oxygens (including phenoxy) is 3. The predicted molar refractivity (Wildman–Crippen MR) is 138 cm³/mol. The monoisotopic (exact) mass is 525 g/mol. The Balaban J connectivity index is 1.95. The van der Waals surface area contributed by atoms with Gasteiger partial charge in [0.05, 0.1) is 37.0 Å². The molecule has 7 nitrogen and oxygen atoms in total. The maximum atomic E-state index is 13.9. The van der Waals surface area contributed by atoms with E-state index in [1.165, 1.54) is 31.3 Å². The van der Waals surface area contributed by atoms with Gasteiger partial charge in [0.25, 0.3) is 11.7 Å². The standard InChI is InChI=1S/C28H25ClFNO6/c1-15(2)37-19-7-5-6-17(12-19)26(32)24-25(16-8-11-22(35-3)23(13-16)36-4)31(28(34)27(24)33)18-9-10-21(30)20(29)14-18/h5-15,25,32H,1-4H3/b26-24+. The van der Waals surface area contributed by atoms with Crippen molar-refractivity contribution >= 4 is 34.7 Å². The van der Waals surface area contributed by atoms with Crippen LogP contribution in [0.1, 0.15) is 31.0 Å². The Kier molecular flexibility index (Phi) is 7.40. The maximum Gasteiger partial charge on any atom is 0.300 e. The molecule has 3 aromatic rings. The zero-order valence-electron chi connectivity index (χ0n) is 20.6. The number of methoxy groups -OCH3 is 2. The molecule has 3 aromatic carbocycles. The number of ketones is 1. The molecule has 0 spiro atoms. The van der Waals surface area contributed by atoms with Gasteiger partial charge in [0, 0.05) is 11.3 Å². The number of aliphatic hydroxyl groups excluding tert-OH is 1. The molecule has 0 aromatic heterocycles. The molecule has 0 aliphatic carbocycles. The highest BCUT2D eigenvalue weighted by Crippen LogP contribution is 2.44. The Morgan fingerprint density at radius 1 is 1.00 bits per heavy atom. The van der Waals surface area contributed by atoms with Crippen LogP contribution in [0.4, 0.5) is 10.1 Å². The summed E-state index contributed by atoms with van der Waals surface area (Å²) in [6, 6.07) is 14.1. The number of anilines is 1. The van der Waals surface area contributed by atoms with Gasteiger partial charge in [-0.3, -0.25) is 14.5 Å². The minimum absolute atomic E-state index is 0.113. The second kappa shape index (κ2) is 10.5. The first-order valence-corrected chi connectivity index (χ1v) is 11.8. The first-order valence-electron chi connectivity index (χ1n) is 11.4. The van der Waals surface area contributed by atoms with Crippen molar-refractivity contribution in [2.24, 2.45) is 0 Å². The lowest BCUT2D eigenvalue weighted by atomic mass is 9.94. The quantitative estimate of drug-likeness (QED) is 0.234. The number of benzene rings is 3. The van der Waals surface area contributed by atoms with E-state index < -0.39 is 23.5 Å². The smallest absolute Gasteiger partial charge is 0.300 e. The van der Waals surface area contributed by atoms with E-state index in [0.29, 0.717) is 28.4 Å². The molecular formula is C28H25ClFNO6. The van der Waals surface area contributed by atoms with Gasteiger partial charge >= 0.3 is 0 Å². The molecule has 192 valence electrons. The van der Waals surface area contributed by atoms with Crippen LogP contribution in [0.2, 0.25) is 5.02 Å². The fourth-order valence-electron chi connectivity index (χ4n) is 4.22. The van der Waals surface area contributed by atoms with Crippen LogP contribution >= 0.6 is 11.6 Å². The van der Waals surface area contributed by atoms with Crippen molar-refractivity contribution in [3.8, 4) is 17.2 Å². The number of carbonyl (C=O) groups is 2. The number of Topliss-reactive ketones (excluding diaryl/α,β-unsaturated/α-hetero) is 1. The molecular weight excluding hydrogens is 501 g/mol. The van der Waals surface area contributed by atoms with Crippen LogP contribution in [0, 0.1) is 5.82 Å². The van der Waals surface area contributed by atoms with Crippen molar-refractivity contribution < 1.29 is 33.3 Å². The van der Waals surface area contributed by atoms with E-state index in [1.807, 2.05) is 13.8 Å². The van der Waals surface area contributed by atoms with Crippen molar-refractivity contribution in [2.45, 2.75) is 26.0 Å². The highest BCUT2D eigenvalue weighted by atomic mass is 35.5. The third-order valence-corrected chi connectivity index (χ3v) is 6.12. The van der Waals surface area contributed by atoms with E-state index >= 15 is 0 Å². The van der Waals surface area contributed by atoms with E-state index in [9.17, 15) is 19.1 Å². The summed E-state index contributed by atoms with van der Waals surface area (Å²) in [4.78, 5) is 27.9. The van der Waals surface area contributed by atoms with E-state index in [0.717, 1.165) is 6.07 Å². The average Bonchev–Trinajstić information content (AvgIpc) is 3.14. The Labute approximate surface area is 218 Å². The molecule has 9 heteroatoms. The SMILES string of the molecule is COc1ccc(C2/C(=C(\O)c3cccc(OC(C)C)c3)C(=O)C(=O)N2c2ccc(F)c(Cl)c2)cc1OC. The Hall–Kier alpha value is -4.04. The summed E-state index contributed by atoms with van der Waals surface area (Å²) in [7, 11) is 2.94. The molecule has 1 N–H and O–H groups in total. The van der Waals surface area contributed by atoms with Gasteiger partial charge in [-0.25, -0.2) is 4.39 Å². The number of hydrogen-bond donors (Lipinski definition) is 1. The van der Waals surface area contributed by atoms with Crippen molar-refractivity contribution in [3.05, 3.63) is 88.2 Å². The van der Waals surface area contributed by atoms with Crippen molar-refractivity contribution in [1.82, 2.24) is 0 Å². The second-order valence-corrected chi connectivity index (χ2v) is 8.98. The van der Waals surface area contributed by atoms with Gasteiger partial charge in [0.15, 0.2) is 11.5 Å². The first kappa shape index (κ1) is 26.0. The molecule has 1 atom stereocenters. The molecule has 0 bridgehead atoms. The van der Waals surface area contributed by atoms with Gasteiger partial charge < -0.3 is 19.3 Å². The van der Waals surface area contributed by atoms with Crippen LogP contribution in [0.15, 0.2) is 66.2 Å². The van der Waals surface area contributed by atoms with Gasteiger partial charge in [-0.05, 0) is 61.9 Å². The lowest BCUT2D eigenvalue weighted by Gasteiger charge is -2.26. The summed E-state index contributed by atoms with van der Waals surface area (Å²) < 4.78 is 30.4. The largest absolute Gasteiger partial charge is 0.507 e. The average molecular weight is 526 g/mol. The van der Waals surface area contributed by atoms with Crippen LogP contribution in [-0.2, 0) is 9.59 Å². The van der Waals surface area contributed by atoms with Crippen LogP contribution in [0.25, 0.3) is 5.76 Å². The first-order chi connectivity index (χ1) is 17.7. The summed E-state index contributed by atoms with van der Waals surface area (Å²) in [5.41, 5.74) is 0.774. The van der Waals surface area contributed by atoms with Crippen molar-refractivity contribution in [2.75, 3.05) is 19.1 Å². The minimum Gasteiger partial charge on any atom is -0.507 e. The molecule has 1 fully saturated rings. The predicted octanol–water partition coefficient (Wildman–Crippen LogP) is 5.91. The molecule has 4 rings (SSSR count). The normalized spacial score (nSPS) is 16.8. The molecule has 37 heavy (non-hydrogen) atoms. The molecule has 1 unspecified atom stereocenters. The highest BCUT2D eigenvalue weighted by Gasteiger charge is 2.47.